The number of nitrogens with zero attached hydrogens (tertiary/aromatic N) is 1. The number of benzene rings is 1. The number of hydrogen-bond acceptors (Lipinski definition) is 3. The highest BCUT2D eigenvalue weighted by molar-refractivity contribution is 7.80. The Hall–Kier alpha value is -1.46. The van der Waals surface area contributed by atoms with E-state index in [1.807, 2.05) is 4.90 Å². The molecule has 102 valence electrons. The molecule has 0 unspecified atom stereocenters. The molecule has 0 aliphatic heterocycles. The molecule has 4 nitrogen and oxygen atoms in total. The van der Waals surface area contributed by atoms with Gasteiger partial charge in [-0.1, -0.05) is 24.4 Å². The third-order valence-corrected chi connectivity index (χ3v) is 3.44. The molecule has 1 amide bonds. The molecule has 0 atom stereocenters. The van der Waals surface area contributed by atoms with Gasteiger partial charge in [0, 0.05) is 30.8 Å². The molecule has 1 aromatic carbocycles. The maximum absolute atomic E-state index is 12.4. The van der Waals surface area contributed by atoms with E-state index in [1.165, 1.54) is 0 Å². The Kier molecular flexibility index (Phi) is 4.50. The molecule has 5 heteroatoms. The molecule has 0 bridgehead atoms. The first kappa shape index (κ1) is 14.0. The smallest absolute Gasteiger partial charge is 0.254 e. The molecule has 2 rings (SSSR count). The molecule has 0 aromatic heterocycles. The maximum atomic E-state index is 12.4. The molecular weight excluding hydrogens is 260 g/mol. The van der Waals surface area contributed by atoms with Crippen LogP contribution in [0.2, 0.25) is 0 Å². The molecule has 2 N–H and O–H groups in total. The number of methoxy groups -OCH3 is 1. The van der Waals surface area contributed by atoms with Gasteiger partial charge in [0.25, 0.3) is 5.91 Å². The predicted octanol–water partition coefficient (Wildman–Crippen LogP) is 1.57. The molecule has 0 spiro atoms. The molecule has 0 radical (unpaired) electrons. The molecule has 1 aliphatic rings. The van der Waals surface area contributed by atoms with Crippen molar-refractivity contribution in [1.29, 1.82) is 0 Å². The van der Waals surface area contributed by atoms with Crippen LogP contribution in [0.1, 0.15) is 28.8 Å². The van der Waals surface area contributed by atoms with Crippen LogP contribution in [0.3, 0.4) is 0 Å². The highest BCUT2D eigenvalue weighted by Crippen LogP contribution is 2.28. The summed E-state index contributed by atoms with van der Waals surface area (Å²) in [5.41, 5.74) is 6.99. The second-order valence-corrected chi connectivity index (χ2v) is 5.10. The first-order valence-electron chi connectivity index (χ1n) is 6.33. The van der Waals surface area contributed by atoms with E-state index in [-0.39, 0.29) is 5.91 Å². The number of nitrogens with two attached hydrogens (primary N) is 1. The van der Waals surface area contributed by atoms with Crippen LogP contribution in [-0.2, 0) is 4.74 Å². The monoisotopic (exact) mass is 278 g/mol. The Labute approximate surface area is 118 Å². The Balaban J connectivity index is 2.09. The van der Waals surface area contributed by atoms with Gasteiger partial charge in [-0.05, 0) is 25.0 Å². The first-order chi connectivity index (χ1) is 9.13. The van der Waals surface area contributed by atoms with Crippen molar-refractivity contribution in [2.24, 2.45) is 5.73 Å². The summed E-state index contributed by atoms with van der Waals surface area (Å²) < 4.78 is 5.06. The quantitative estimate of drug-likeness (QED) is 0.803. The Morgan fingerprint density at radius 2 is 1.95 bits per heavy atom. The lowest BCUT2D eigenvalue weighted by atomic mass is 10.1. The van der Waals surface area contributed by atoms with Gasteiger partial charge in [-0.2, -0.15) is 0 Å². The van der Waals surface area contributed by atoms with E-state index in [4.69, 9.17) is 22.7 Å². The number of thiocarbonyl (C=S) groups is 1. The summed E-state index contributed by atoms with van der Waals surface area (Å²) in [6.07, 6.45) is 2.17. The van der Waals surface area contributed by atoms with Gasteiger partial charge < -0.3 is 15.4 Å². The summed E-state index contributed by atoms with van der Waals surface area (Å²) in [5, 5.41) is 0. The van der Waals surface area contributed by atoms with Gasteiger partial charge in [-0.15, -0.1) is 0 Å². The van der Waals surface area contributed by atoms with Crippen molar-refractivity contribution in [1.82, 2.24) is 4.90 Å². The van der Waals surface area contributed by atoms with E-state index >= 15 is 0 Å². The van der Waals surface area contributed by atoms with Gasteiger partial charge in [0.05, 0.1) is 6.61 Å². The zero-order valence-electron chi connectivity index (χ0n) is 11.0. The molecule has 0 heterocycles. The van der Waals surface area contributed by atoms with Crippen LogP contribution < -0.4 is 5.73 Å². The van der Waals surface area contributed by atoms with Crippen LogP contribution in [0.4, 0.5) is 0 Å². The topological polar surface area (TPSA) is 55.6 Å². The predicted molar refractivity (Wildman–Crippen MR) is 78.3 cm³/mol. The molecule has 19 heavy (non-hydrogen) atoms. The van der Waals surface area contributed by atoms with Gasteiger partial charge in [0.1, 0.15) is 4.99 Å². The molecular formula is C14H18N2O2S. The van der Waals surface area contributed by atoms with Crippen molar-refractivity contribution >= 4 is 23.1 Å². The summed E-state index contributed by atoms with van der Waals surface area (Å²) >= 11 is 4.90. The fraction of sp³-hybridized carbons (Fsp3) is 0.429. The van der Waals surface area contributed by atoms with Crippen molar-refractivity contribution in [3.8, 4) is 0 Å². The van der Waals surface area contributed by atoms with Crippen molar-refractivity contribution in [2.75, 3.05) is 20.3 Å². The molecule has 1 aromatic rings. The minimum atomic E-state index is 0.0500. The molecule has 1 aliphatic carbocycles. The zero-order valence-corrected chi connectivity index (χ0v) is 11.8. The van der Waals surface area contributed by atoms with Gasteiger partial charge in [0.2, 0.25) is 0 Å². The van der Waals surface area contributed by atoms with E-state index in [1.54, 1.807) is 31.4 Å². The lowest BCUT2D eigenvalue weighted by molar-refractivity contribution is 0.0680. The summed E-state index contributed by atoms with van der Waals surface area (Å²) in [4.78, 5) is 14.7. The summed E-state index contributed by atoms with van der Waals surface area (Å²) in [7, 11) is 1.65. The summed E-state index contributed by atoms with van der Waals surface area (Å²) in [5.74, 6) is 0.0500. The highest BCUT2D eigenvalue weighted by Gasteiger charge is 2.32. The first-order valence-corrected chi connectivity index (χ1v) is 6.74. The third-order valence-electron chi connectivity index (χ3n) is 3.20. The number of ether oxygens (including phenoxy) is 1. The average molecular weight is 278 g/mol. The molecule has 1 saturated carbocycles. The third kappa shape index (κ3) is 3.52. The van der Waals surface area contributed by atoms with Crippen molar-refractivity contribution in [3.05, 3.63) is 35.4 Å². The van der Waals surface area contributed by atoms with Crippen LogP contribution in [0.25, 0.3) is 0 Å². The lowest BCUT2D eigenvalue weighted by Gasteiger charge is -2.22. The van der Waals surface area contributed by atoms with E-state index in [0.29, 0.717) is 29.7 Å². The second-order valence-electron chi connectivity index (χ2n) is 4.66. The van der Waals surface area contributed by atoms with E-state index in [0.717, 1.165) is 18.4 Å². The lowest BCUT2D eigenvalue weighted by Crippen LogP contribution is -2.35. The maximum Gasteiger partial charge on any atom is 0.254 e. The fourth-order valence-corrected chi connectivity index (χ4v) is 2.10. The average Bonchev–Trinajstić information content (AvgIpc) is 3.23. The Morgan fingerprint density at radius 3 is 2.42 bits per heavy atom. The van der Waals surface area contributed by atoms with Crippen LogP contribution in [0.15, 0.2) is 24.3 Å². The number of rotatable bonds is 6. The van der Waals surface area contributed by atoms with Gasteiger partial charge in [0.15, 0.2) is 0 Å². The second kappa shape index (κ2) is 6.12. The number of hydrogen-bond donors (Lipinski definition) is 1. The highest BCUT2D eigenvalue weighted by atomic mass is 32.1. The number of amides is 1. The standard InChI is InChI=1S/C14H18N2O2S/c1-18-9-8-16(12-6-7-12)14(17)11-4-2-10(3-5-11)13(15)19/h2-5,12H,6-9H2,1H3,(H2,15,19). The fourth-order valence-electron chi connectivity index (χ4n) is 1.97. The van der Waals surface area contributed by atoms with Crippen LogP contribution in [0, 0.1) is 0 Å². The Morgan fingerprint density at radius 1 is 1.37 bits per heavy atom. The van der Waals surface area contributed by atoms with Crippen molar-refractivity contribution in [2.45, 2.75) is 18.9 Å². The van der Waals surface area contributed by atoms with Crippen molar-refractivity contribution in [3.63, 3.8) is 0 Å². The SMILES string of the molecule is COCCN(C(=O)c1ccc(C(N)=S)cc1)C1CC1. The van der Waals surface area contributed by atoms with Gasteiger partial charge in [-0.25, -0.2) is 0 Å². The van der Waals surface area contributed by atoms with Gasteiger partial charge >= 0.3 is 0 Å². The van der Waals surface area contributed by atoms with E-state index in [2.05, 4.69) is 0 Å². The van der Waals surface area contributed by atoms with Crippen LogP contribution >= 0.6 is 12.2 Å². The summed E-state index contributed by atoms with van der Waals surface area (Å²) in [6, 6.07) is 7.50. The molecule has 0 saturated heterocycles. The minimum Gasteiger partial charge on any atom is -0.389 e. The zero-order chi connectivity index (χ0) is 13.8. The number of carbonyl (C=O) groups excluding carboxylic acids is 1. The van der Waals surface area contributed by atoms with Crippen LogP contribution in [-0.4, -0.2) is 42.1 Å². The number of carbonyl (C=O) groups is 1. The van der Waals surface area contributed by atoms with E-state index < -0.39 is 0 Å². The van der Waals surface area contributed by atoms with E-state index in [9.17, 15) is 4.79 Å². The largest absolute Gasteiger partial charge is 0.389 e. The van der Waals surface area contributed by atoms with Gasteiger partial charge in [-0.3, -0.25) is 4.79 Å². The normalized spacial score (nSPS) is 14.2. The minimum absolute atomic E-state index is 0.0500. The molecule has 1 fully saturated rings. The van der Waals surface area contributed by atoms with Crippen LogP contribution in [0.5, 0.6) is 0 Å². The Bertz CT molecular complexity index is 469. The van der Waals surface area contributed by atoms with Crippen molar-refractivity contribution < 1.29 is 9.53 Å². The summed E-state index contributed by atoms with van der Waals surface area (Å²) in [6.45, 7) is 1.20.